The number of nitrogens with zero attached hydrogens (tertiary/aromatic N) is 4. The summed E-state index contributed by atoms with van der Waals surface area (Å²) in [5, 5.41) is 1.82. The molecular weight excluding hydrogens is 713 g/mol. The number of aryl methyl sites for hydroxylation is 2. The van der Waals surface area contributed by atoms with Gasteiger partial charge < -0.3 is 9.80 Å². The van der Waals surface area contributed by atoms with Crippen LogP contribution in [0.3, 0.4) is 0 Å². The van der Waals surface area contributed by atoms with Crippen LogP contribution in [0.5, 0.6) is 0 Å². The second-order valence-corrected chi connectivity index (χ2v) is 18.8. The first kappa shape index (κ1) is 37.5. The molecule has 10 heteroatoms. The van der Waals surface area contributed by atoms with E-state index in [9.17, 15) is 16.8 Å². The molecule has 0 amide bonds. The van der Waals surface area contributed by atoms with E-state index in [-0.39, 0.29) is 0 Å². The summed E-state index contributed by atoms with van der Waals surface area (Å²) in [4.78, 5) is 14.6. The zero-order chi connectivity index (χ0) is 38.0. The molecule has 0 N–H and O–H groups in total. The minimum absolute atomic E-state index is 0.303. The Hall–Kier alpha value is -4.80. The predicted octanol–water partition coefficient (Wildman–Crippen LogP) is 9.22. The Morgan fingerprint density at radius 1 is 0.519 bits per heavy atom. The molecule has 0 atom stereocenters. The smallest absolute Gasteiger partial charge is 0.210 e. The molecule has 0 spiro atoms. The molecule has 8 rings (SSSR count). The summed E-state index contributed by atoms with van der Waals surface area (Å²) < 4.78 is 53.7. The van der Waals surface area contributed by atoms with Crippen LogP contribution in [0.15, 0.2) is 129 Å². The second-order valence-electron chi connectivity index (χ2n) is 15.0. The quantitative estimate of drug-likeness (QED) is 0.166. The number of hydrogen-bond donors (Lipinski definition) is 0. The van der Waals surface area contributed by atoms with Gasteiger partial charge in [0.2, 0.25) is 19.7 Å². The molecule has 280 valence electrons. The van der Waals surface area contributed by atoms with Crippen LogP contribution in [0.2, 0.25) is 0 Å². The number of sulfone groups is 2. The SMILES string of the molecule is CC1CCN(c2c(S(=O)(=O)c3ccccc3)cnc3ccccc23)CC1.Cc1ccc(S(=O)(=O)c2cnc3ccc(C)cc3c2N2CCC(C)CC2)cc1. The van der Waals surface area contributed by atoms with Crippen LogP contribution < -0.4 is 9.80 Å². The molecule has 4 heterocycles. The number of para-hydroxylation sites is 1. The standard InChI is InChI=1S/C23H26N2O2S.C21H22N2O2S/c1-16-4-7-19(8-5-16)28(26,27)22-15-24-21-9-6-18(3)14-20(21)23(22)25-12-10-17(2)11-13-25;1-16-11-13-23(14-12-16)21-18-9-5-6-10-19(18)22-15-20(21)26(24,25)17-7-3-2-4-8-17/h4-9,14-15,17H,10-13H2,1-3H3;2-10,15-16H,11-14H2,1H3. The minimum atomic E-state index is -3.66. The van der Waals surface area contributed by atoms with Crippen LogP contribution in [0.1, 0.15) is 50.7 Å². The van der Waals surface area contributed by atoms with Gasteiger partial charge in [-0.25, -0.2) is 16.8 Å². The Balaban J connectivity index is 0.000000167. The average Bonchev–Trinajstić information content (AvgIpc) is 3.18. The van der Waals surface area contributed by atoms with E-state index >= 15 is 0 Å². The van der Waals surface area contributed by atoms with Crippen LogP contribution in [-0.2, 0) is 19.7 Å². The van der Waals surface area contributed by atoms with Gasteiger partial charge in [-0.2, -0.15) is 0 Å². The lowest BCUT2D eigenvalue weighted by Gasteiger charge is -2.34. The molecule has 2 saturated heterocycles. The van der Waals surface area contributed by atoms with Gasteiger partial charge >= 0.3 is 0 Å². The Morgan fingerprint density at radius 3 is 1.52 bits per heavy atom. The van der Waals surface area contributed by atoms with Crippen molar-refractivity contribution in [3.05, 3.63) is 121 Å². The number of benzene rings is 4. The van der Waals surface area contributed by atoms with E-state index < -0.39 is 19.7 Å². The van der Waals surface area contributed by atoms with Gasteiger partial charge in [-0.1, -0.05) is 79.6 Å². The zero-order valence-corrected chi connectivity index (χ0v) is 33.1. The Labute approximate surface area is 319 Å². The van der Waals surface area contributed by atoms with Gasteiger partial charge in [0.25, 0.3) is 0 Å². The summed E-state index contributed by atoms with van der Waals surface area (Å²) in [6.45, 7) is 12.0. The number of piperidine rings is 2. The van der Waals surface area contributed by atoms with Crippen molar-refractivity contribution >= 4 is 52.9 Å². The molecule has 8 nitrogen and oxygen atoms in total. The Kier molecular flexibility index (Phi) is 10.8. The van der Waals surface area contributed by atoms with Crippen molar-refractivity contribution in [2.24, 2.45) is 11.8 Å². The van der Waals surface area contributed by atoms with E-state index in [0.717, 1.165) is 96.2 Å². The van der Waals surface area contributed by atoms with Crippen molar-refractivity contribution < 1.29 is 16.8 Å². The molecular formula is C44H48N4O4S2. The van der Waals surface area contributed by atoms with Crippen molar-refractivity contribution in [2.45, 2.75) is 73.0 Å². The molecule has 2 fully saturated rings. The maximum atomic E-state index is 13.5. The fraction of sp³-hybridized carbons (Fsp3) is 0.318. The molecule has 2 aromatic heterocycles. The predicted molar refractivity (Wildman–Crippen MR) is 218 cm³/mol. The summed E-state index contributed by atoms with van der Waals surface area (Å²) in [6.07, 6.45) is 7.35. The lowest BCUT2D eigenvalue weighted by molar-refractivity contribution is 0.437. The lowest BCUT2D eigenvalue weighted by atomic mass is 9.98. The molecule has 2 aliphatic rings. The van der Waals surface area contributed by atoms with E-state index in [2.05, 4.69) is 39.7 Å². The van der Waals surface area contributed by atoms with Gasteiger partial charge in [0.05, 0.1) is 32.2 Å². The van der Waals surface area contributed by atoms with Crippen LogP contribution in [-0.4, -0.2) is 53.0 Å². The highest BCUT2D eigenvalue weighted by molar-refractivity contribution is 7.92. The molecule has 54 heavy (non-hydrogen) atoms. The largest absolute Gasteiger partial charge is 0.370 e. The maximum absolute atomic E-state index is 13.5. The van der Waals surface area contributed by atoms with Crippen LogP contribution in [0, 0.1) is 25.7 Å². The van der Waals surface area contributed by atoms with Gasteiger partial charge in [-0.05, 0) is 93.8 Å². The molecule has 0 unspecified atom stereocenters. The van der Waals surface area contributed by atoms with Crippen LogP contribution in [0.4, 0.5) is 11.4 Å². The first-order valence-corrected chi connectivity index (χ1v) is 21.8. The first-order valence-electron chi connectivity index (χ1n) is 18.8. The zero-order valence-electron chi connectivity index (χ0n) is 31.4. The van der Waals surface area contributed by atoms with Crippen molar-refractivity contribution in [3.63, 3.8) is 0 Å². The van der Waals surface area contributed by atoms with Crippen molar-refractivity contribution in [1.29, 1.82) is 0 Å². The fourth-order valence-electron chi connectivity index (χ4n) is 7.46. The lowest BCUT2D eigenvalue weighted by Crippen LogP contribution is -2.34. The molecule has 2 aliphatic heterocycles. The molecule has 0 bridgehead atoms. The van der Waals surface area contributed by atoms with E-state index in [4.69, 9.17) is 0 Å². The van der Waals surface area contributed by atoms with Crippen LogP contribution in [0.25, 0.3) is 21.8 Å². The van der Waals surface area contributed by atoms with E-state index in [1.54, 1.807) is 42.6 Å². The number of fused-ring (bicyclic) bond motifs is 2. The molecule has 0 aliphatic carbocycles. The first-order chi connectivity index (χ1) is 25.9. The van der Waals surface area contributed by atoms with E-state index in [0.29, 0.717) is 31.4 Å². The molecule has 0 radical (unpaired) electrons. The summed E-state index contributed by atoms with van der Waals surface area (Å²) in [7, 11) is -7.29. The van der Waals surface area contributed by atoms with Gasteiger partial charge in [0, 0.05) is 49.3 Å². The minimum Gasteiger partial charge on any atom is -0.370 e. The molecule has 0 saturated carbocycles. The van der Waals surface area contributed by atoms with Gasteiger partial charge in [-0.3, -0.25) is 9.97 Å². The highest BCUT2D eigenvalue weighted by Gasteiger charge is 2.30. The Morgan fingerprint density at radius 2 is 0.963 bits per heavy atom. The van der Waals surface area contributed by atoms with Gasteiger partial charge in [0.1, 0.15) is 9.79 Å². The topological polar surface area (TPSA) is 101 Å². The normalized spacial score (nSPS) is 16.0. The summed E-state index contributed by atoms with van der Waals surface area (Å²) in [5.74, 6) is 1.34. The third-order valence-corrected chi connectivity index (χ3v) is 14.4. The third-order valence-electron chi connectivity index (χ3n) is 10.8. The van der Waals surface area contributed by atoms with Gasteiger partial charge in [-0.15, -0.1) is 0 Å². The fourth-order valence-corrected chi connectivity index (χ4v) is 10.4. The molecule has 4 aromatic carbocycles. The number of pyridine rings is 2. The van der Waals surface area contributed by atoms with Crippen molar-refractivity contribution in [1.82, 2.24) is 9.97 Å². The summed E-state index contributed by atoms with van der Waals surface area (Å²) in [5.41, 5.74) is 5.41. The second kappa shape index (κ2) is 15.5. The number of rotatable bonds is 6. The maximum Gasteiger partial charge on any atom is 0.210 e. The van der Waals surface area contributed by atoms with E-state index in [1.165, 1.54) is 6.20 Å². The summed E-state index contributed by atoms with van der Waals surface area (Å²) in [6, 6.07) is 29.5. The van der Waals surface area contributed by atoms with E-state index in [1.807, 2.05) is 68.4 Å². The highest BCUT2D eigenvalue weighted by Crippen LogP contribution is 2.39. The number of hydrogen-bond acceptors (Lipinski definition) is 8. The average molecular weight is 761 g/mol. The number of anilines is 2. The Bertz CT molecular complexity index is 2490. The summed E-state index contributed by atoms with van der Waals surface area (Å²) >= 11 is 0. The third kappa shape index (κ3) is 7.59. The highest BCUT2D eigenvalue weighted by atomic mass is 32.2. The van der Waals surface area contributed by atoms with Crippen molar-refractivity contribution in [3.8, 4) is 0 Å². The van der Waals surface area contributed by atoms with Crippen molar-refractivity contribution in [2.75, 3.05) is 36.0 Å². The monoisotopic (exact) mass is 760 g/mol. The number of aromatic nitrogens is 2. The van der Waals surface area contributed by atoms with Gasteiger partial charge in [0.15, 0.2) is 0 Å². The molecule has 6 aromatic rings. The van der Waals surface area contributed by atoms with Crippen LogP contribution >= 0.6 is 0 Å².